The molecule has 1 heterocycles. The van der Waals surface area contributed by atoms with Gasteiger partial charge in [0.1, 0.15) is 28.0 Å². The molecule has 3 rings (SSSR count). The van der Waals surface area contributed by atoms with Gasteiger partial charge in [-0.3, -0.25) is 4.79 Å². The van der Waals surface area contributed by atoms with Crippen molar-refractivity contribution in [2.45, 2.75) is 27.4 Å². The highest BCUT2D eigenvalue weighted by Crippen LogP contribution is 2.27. The Labute approximate surface area is 163 Å². The van der Waals surface area contributed by atoms with Crippen molar-refractivity contribution in [2.75, 3.05) is 12.4 Å². The molecule has 0 saturated heterocycles. The van der Waals surface area contributed by atoms with Gasteiger partial charge in [-0.1, -0.05) is 18.2 Å². The lowest BCUT2D eigenvalue weighted by molar-refractivity contribution is 0.102. The molecule has 27 heavy (non-hydrogen) atoms. The number of benzene rings is 2. The van der Waals surface area contributed by atoms with E-state index in [1.54, 1.807) is 7.11 Å². The predicted octanol–water partition coefficient (Wildman–Crippen LogP) is 4.91. The quantitative estimate of drug-likeness (QED) is 0.658. The molecule has 0 aliphatic heterocycles. The maximum Gasteiger partial charge on any atom is 0.267 e. The number of anilines is 1. The first kappa shape index (κ1) is 18.9. The van der Waals surface area contributed by atoms with Crippen LogP contribution in [0.15, 0.2) is 42.5 Å². The van der Waals surface area contributed by atoms with Crippen LogP contribution in [-0.4, -0.2) is 18.0 Å². The van der Waals surface area contributed by atoms with E-state index in [1.165, 1.54) is 11.3 Å². The number of amides is 1. The Kier molecular flexibility index (Phi) is 5.76. The SMILES string of the molecule is COc1ccc(C)cc1NC(=O)c1sc(COc2cccc(C)c2)nc1C. The average Bonchev–Trinajstić information content (AvgIpc) is 3.01. The minimum absolute atomic E-state index is 0.198. The number of thiazole rings is 1. The van der Waals surface area contributed by atoms with Crippen LogP contribution in [0.3, 0.4) is 0 Å². The van der Waals surface area contributed by atoms with Crippen molar-refractivity contribution < 1.29 is 14.3 Å². The van der Waals surface area contributed by atoms with Crippen LogP contribution in [0.5, 0.6) is 11.5 Å². The second kappa shape index (κ2) is 8.22. The van der Waals surface area contributed by atoms with Crippen molar-refractivity contribution in [1.29, 1.82) is 0 Å². The van der Waals surface area contributed by atoms with Crippen molar-refractivity contribution in [3.05, 3.63) is 69.2 Å². The maximum atomic E-state index is 12.7. The number of methoxy groups -OCH3 is 1. The fourth-order valence-electron chi connectivity index (χ4n) is 2.67. The lowest BCUT2D eigenvalue weighted by Crippen LogP contribution is -2.12. The monoisotopic (exact) mass is 382 g/mol. The fourth-order valence-corrected chi connectivity index (χ4v) is 3.55. The molecule has 140 valence electrons. The zero-order chi connectivity index (χ0) is 19.4. The number of hydrogen-bond donors (Lipinski definition) is 1. The van der Waals surface area contributed by atoms with E-state index < -0.39 is 0 Å². The lowest BCUT2D eigenvalue weighted by atomic mass is 10.2. The van der Waals surface area contributed by atoms with Gasteiger partial charge in [0.25, 0.3) is 5.91 Å². The van der Waals surface area contributed by atoms with Crippen LogP contribution >= 0.6 is 11.3 Å². The summed E-state index contributed by atoms with van der Waals surface area (Å²) in [6.45, 7) is 6.14. The van der Waals surface area contributed by atoms with Crippen molar-refractivity contribution in [2.24, 2.45) is 0 Å². The predicted molar refractivity (Wildman–Crippen MR) is 108 cm³/mol. The Morgan fingerprint density at radius 3 is 2.63 bits per heavy atom. The molecule has 1 amide bonds. The molecule has 0 aliphatic carbocycles. The molecular formula is C21H22N2O3S. The molecule has 0 saturated carbocycles. The Bertz CT molecular complexity index is 966. The van der Waals surface area contributed by atoms with Crippen molar-refractivity contribution >= 4 is 22.9 Å². The molecule has 1 N–H and O–H groups in total. The summed E-state index contributed by atoms with van der Waals surface area (Å²) in [5, 5.41) is 3.68. The number of nitrogens with zero attached hydrogens (tertiary/aromatic N) is 1. The number of nitrogens with one attached hydrogen (secondary N) is 1. The Hall–Kier alpha value is -2.86. The third kappa shape index (κ3) is 4.65. The lowest BCUT2D eigenvalue weighted by Gasteiger charge is -2.10. The maximum absolute atomic E-state index is 12.7. The topological polar surface area (TPSA) is 60.5 Å². The molecule has 3 aromatic rings. The summed E-state index contributed by atoms with van der Waals surface area (Å²) in [7, 11) is 1.58. The van der Waals surface area contributed by atoms with E-state index >= 15 is 0 Å². The van der Waals surface area contributed by atoms with Crippen LogP contribution in [0.1, 0.15) is 31.5 Å². The summed E-state index contributed by atoms with van der Waals surface area (Å²) in [5.74, 6) is 1.22. The van der Waals surface area contributed by atoms with E-state index in [0.29, 0.717) is 28.6 Å². The van der Waals surface area contributed by atoms with Gasteiger partial charge in [0.05, 0.1) is 18.5 Å². The zero-order valence-corrected chi connectivity index (χ0v) is 16.6. The molecule has 1 aromatic heterocycles. The van der Waals surface area contributed by atoms with E-state index in [0.717, 1.165) is 21.9 Å². The molecule has 5 nitrogen and oxygen atoms in total. The summed E-state index contributed by atoms with van der Waals surface area (Å²) in [5.41, 5.74) is 3.51. The standard InChI is InChI=1S/C21H22N2O3S/c1-13-6-5-7-16(10-13)26-12-19-22-15(3)20(27-19)21(24)23-17-11-14(2)8-9-18(17)25-4/h5-11H,12H2,1-4H3,(H,23,24). The third-order valence-electron chi connectivity index (χ3n) is 4.00. The number of aromatic nitrogens is 1. The zero-order valence-electron chi connectivity index (χ0n) is 15.8. The van der Waals surface area contributed by atoms with Crippen molar-refractivity contribution in [3.63, 3.8) is 0 Å². The van der Waals surface area contributed by atoms with Crippen LogP contribution in [-0.2, 0) is 6.61 Å². The largest absolute Gasteiger partial charge is 0.495 e. The van der Waals surface area contributed by atoms with Gasteiger partial charge in [0.2, 0.25) is 0 Å². The average molecular weight is 382 g/mol. The molecule has 0 atom stereocenters. The van der Waals surface area contributed by atoms with E-state index in [1.807, 2.05) is 63.2 Å². The van der Waals surface area contributed by atoms with E-state index in [9.17, 15) is 4.79 Å². The summed E-state index contributed by atoms with van der Waals surface area (Å²) in [6.07, 6.45) is 0. The van der Waals surface area contributed by atoms with Gasteiger partial charge in [-0.2, -0.15) is 0 Å². The summed E-state index contributed by atoms with van der Waals surface area (Å²) < 4.78 is 11.1. The highest BCUT2D eigenvalue weighted by Gasteiger charge is 2.17. The van der Waals surface area contributed by atoms with Gasteiger partial charge in [-0.05, 0) is 56.2 Å². The van der Waals surface area contributed by atoms with E-state index in [4.69, 9.17) is 9.47 Å². The third-order valence-corrected chi connectivity index (χ3v) is 5.13. The highest BCUT2D eigenvalue weighted by atomic mass is 32.1. The number of carbonyl (C=O) groups is 1. The number of ether oxygens (including phenoxy) is 2. The Morgan fingerprint density at radius 1 is 1.11 bits per heavy atom. The molecular weight excluding hydrogens is 360 g/mol. The molecule has 2 aromatic carbocycles. The summed E-state index contributed by atoms with van der Waals surface area (Å²) in [6, 6.07) is 13.5. The summed E-state index contributed by atoms with van der Waals surface area (Å²) in [4.78, 5) is 17.8. The molecule has 0 spiro atoms. The molecule has 0 aliphatic rings. The minimum Gasteiger partial charge on any atom is -0.495 e. The summed E-state index contributed by atoms with van der Waals surface area (Å²) >= 11 is 1.34. The Balaban J connectivity index is 1.72. The van der Waals surface area contributed by atoms with Gasteiger partial charge in [-0.15, -0.1) is 11.3 Å². The Morgan fingerprint density at radius 2 is 1.89 bits per heavy atom. The van der Waals surface area contributed by atoms with Gasteiger partial charge >= 0.3 is 0 Å². The number of carbonyl (C=O) groups excluding carboxylic acids is 1. The first-order chi connectivity index (χ1) is 13.0. The van der Waals surface area contributed by atoms with Crippen molar-refractivity contribution in [1.82, 2.24) is 4.98 Å². The molecule has 0 unspecified atom stereocenters. The first-order valence-corrected chi connectivity index (χ1v) is 9.39. The van der Waals surface area contributed by atoms with Crippen LogP contribution in [0.25, 0.3) is 0 Å². The number of hydrogen-bond acceptors (Lipinski definition) is 5. The number of aryl methyl sites for hydroxylation is 3. The van der Waals surface area contributed by atoms with Gasteiger partial charge in [0.15, 0.2) is 0 Å². The highest BCUT2D eigenvalue weighted by molar-refractivity contribution is 7.13. The fraction of sp³-hybridized carbons (Fsp3) is 0.238. The second-order valence-corrected chi connectivity index (χ2v) is 7.37. The normalized spacial score (nSPS) is 10.5. The van der Waals surface area contributed by atoms with Crippen LogP contribution < -0.4 is 14.8 Å². The smallest absolute Gasteiger partial charge is 0.267 e. The van der Waals surface area contributed by atoms with Crippen molar-refractivity contribution in [3.8, 4) is 11.5 Å². The van der Waals surface area contributed by atoms with Gasteiger partial charge in [-0.25, -0.2) is 4.98 Å². The van der Waals surface area contributed by atoms with Gasteiger partial charge in [0, 0.05) is 0 Å². The first-order valence-electron chi connectivity index (χ1n) is 8.58. The molecule has 6 heteroatoms. The van der Waals surface area contributed by atoms with E-state index in [-0.39, 0.29) is 5.91 Å². The van der Waals surface area contributed by atoms with Crippen LogP contribution in [0.4, 0.5) is 5.69 Å². The molecule has 0 fully saturated rings. The minimum atomic E-state index is -0.198. The number of rotatable bonds is 6. The van der Waals surface area contributed by atoms with Crippen LogP contribution in [0.2, 0.25) is 0 Å². The van der Waals surface area contributed by atoms with Crippen LogP contribution in [0, 0.1) is 20.8 Å². The van der Waals surface area contributed by atoms with E-state index in [2.05, 4.69) is 10.3 Å². The van der Waals surface area contributed by atoms with Gasteiger partial charge < -0.3 is 14.8 Å². The second-order valence-electron chi connectivity index (χ2n) is 6.29. The molecule has 0 radical (unpaired) electrons. The molecule has 0 bridgehead atoms.